The molecule has 2 rings (SSSR count). The first-order chi connectivity index (χ1) is 7.63. The summed E-state index contributed by atoms with van der Waals surface area (Å²) in [4.78, 5) is 17.5. The Morgan fingerprint density at radius 2 is 2.38 bits per heavy atom. The van der Waals surface area contributed by atoms with Gasteiger partial charge in [-0.3, -0.25) is 4.79 Å². The lowest BCUT2D eigenvalue weighted by atomic mass is 10.1. The van der Waals surface area contributed by atoms with Gasteiger partial charge >= 0.3 is 0 Å². The number of hydrogen-bond donors (Lipinski definition) is 0. The maximum absolute atomic E-state index is 11.8. The van der Waals surface area contributed by atoms with Crippen molar-refractivity contribution in [2.75, 3.05) is 17.3 Å². The third-order valence-electron chi connectivity index (χ3n) is 2.77. The fraction of sp³-hybridized carbons (Fsp3) is 0.455. The summed E-state index contributed by atoms with van der Waals surface area (Å²) in [5.41, 5.74) is 1.69. The second kappa shape index (κ2) is 4.60. The Kier molecular flexibility index (Phi) is 3.36. The molecule has 1 saturated heterocycles. The zero-order chi connectivity index (χ0) is 11.7. The van der Waals surface area contributed by atoms with Crippen molar-refractivity contribution in [2.45, 2.75) is 13.3 Å². The summed E-state index contributed by atoms with van der Waals surface area (Å²) in [6.07, 6.45) is 2.13. The van der Waals surface area contributed by atoms with Crippen LogP contribution in [0, 0.1) is 12.8 Å². The van der Waals surface area contributed by atoms with Crippen molar-refractivity contribution < 1.29 is 4.79 Å². The fourth-order valence-electron chi connectivity index (χ4n) is 1.94. The number of pyridine rings is 1. The summed E-state index contributed by atoms with van der Waals surface area (Å²) in [6, 6.07) is 1.85. The van der Waals surface area contributed by atoms with Crippen LogP contribution in [0.1, 0.15) is 12.0 Å². The minimum atomic E-state index is 0.0728. The van der Waals surface area contributed by atoms with Crippen molar-refractivity contribution >= 4 is 34.8 Å². The largest absolute Gasteiger partial charge is 0.309 e. The molecule has 1 aliphatic heterocycles. The molecule has 0 saturated carbocycles. The molecule has 0 bridgehead atoms. The number of halogens is 2. The number of nitrogens with zero attached hydrogens (tertiary/aromatic N) is 2. The second-order valence-electron chi connectivity index (χ2n) is 4.00. The molecular formula is C11H12Cl2N2O. The SMILES string of the molecule is Cc1ccnc(Cl)c1N1CC(CCl)CC1=O. The van der Waals surface area contributed by atoms with Crippen molar-refractivity contribution in [2.24, 2.45) is 5.92 Å². The Morgan fingerprint density at radius 1 is 1.62 bits per heavy atom. The van der Waals surface area contributed by atoms with Crippen molar-refractivity contribution in [3.05, 3.63) is 23.0 Å². The molecule has 0 spiro atoms. The van der Waals surface area contributed by atoms with Gasteiger partial charge in [0.05, 0.1) is 5.69 Å². The zero-order valence-corrected chi connectivity index (χ0v) is 10.4. The van der Waals surface area contributed by atoms with Crippen LogP contribution in [-0.2, 0) is 4.79 Å². The van der Waals surface area contributed by atoms with Gasteiger partial charge in [0.2, 0.25) is 5.91 Å². The van der Waals surface area contributed by atoms with Crippen LogP contribution in [0.4, 0.5) is 5.69 Å². The maximum Gasteiger partial charge on any atom is 0.227 e. The molecule has 0 radical (unpaired) electrons. The van der Waals surface area contributed by atoms with E-state index in [4.69, 9.17) is 23.2 Å². The topological polar surface area (TPSA) is 33.2 Å². The standard InChI is InChI=1S/C11H12Cl2N2O/c1-7-2-3-14-11(13)10(7)15-6-8(5-12)4-9(15)16/h2-3,8H,4-6H2,1H3. The van der Waals surface area contributed by atoms with E-state index in [0.29, 0.717) is 24.0 Å². The summed E-state index contributed by atoms with van der Waals surface area (Å²) in [5.74, 6) is 0.785. The van der Waals surface area contributed by atoms with Gasteiger partial charge < -0.3 is 4.90 Å². The molecule has 1 aliphatic rings. The molecule has 1 atom stereocenters. The molecule has 86 valence electrons. The Labute approximate surface area is 104 Å². The van der Waals surface area contributed by atoms with Crippen LogP contribution < -0.4 is 4.90 Å². The number of aromatic nitrogens is 1. The Morgan fingerprint density at radius 3 is 2.94 bits per heavy atom. The number of rotatable bonds is 2. The zero-order valence-electron chi connectivity index (χ0n) is 8.91. The highest BCUT2D eigenvalue weighted by Gasteiger charge is 2.32. The summed E-state index contributed by atoms with van der Waals surface area (Å²) in [6.45, 7) is 2.55. The van der Waals surface area contributed by atoms with Gasteiger partial charge in [-0.15, -0.1) is 11.6 Å². The van der Waals surface area contributed by atoms with E-state index < -0.39 is 0 Å². The first-order valence-electron chi connectivity index (χ1n) is 5.11. The molecule has 1 amide bonds. The van der Waals surface area contributed by atoms with Crippen molar-refractivity contribution in [3.63, 3.8) is 0 Å². The van der Waals surface area contributed by atoms with Crippen LogP contribution in [0.5, 0.6) is 0 Å². The average Bonchev–Trinajstić information content (AvgIpc) is 2.60. The van der Waals surface area contributed by atoms with Crippen LogP contribution >= 0.6 is 23.2 Å². The van der Waals surface area contributed by atoms with Crippen LogP contribution in [0.3, 0.4) is 0 Å². The van der Waals surface area contributed by atoms with Crippen molar-refractivity contribution in [1.29, 1.82) is 0 Å². The normalized spacial score (nSPS) is 20.6. The lowest BCUT2D eigenvalue weighted by molar-refractivity contribution is -0.117. The molecule has 2 heterocycles. The van der Waals surface area contributed by atoms with E-state index in [-0.39, 0.29) is 11.8 Å². The quantitative estimate of drug-likeness (QED) is 0.604. The molecular weight excluding hydrogens is 247 g/mol. The lowest BCUT2D eigenvalue weighted by Crippen LogP contribution is -2.26. The van der Waals surface area contributed by atoms with Gasteiger partial charge in [-0.25, -0.2) is 4.98 Å². The van der Waals surface area contributed by atoms with E-state index in [9.17, 15) is 4.79 Å². The van der Waals surface area contributed by atoms with E-state index in [1.54, 1.807) is 11.1 Å². The molecule has 1 unspecified atom stereocenters. The number of carbonyl (C=O) groups excluding carboxylic acids is 1. The van der Waals surface area contributed by atoms with E-state index in [1.807, 2.05) is 13.0 Å². The van der Waals surface area contributed by atoms with Gasteiger partial charge in [0, 0.05) is 25.0 Å². The molecule has 5 heteroatoms. The van der Waals surface area contributed by atoms with Crippen LogP contribution in [0.15, 0.2) is 12.3 Å². The van der Waals surface area contributed by atoms with Gasteiger partial charge in [0.15, 0.2) is 5.15 Å². The number of hydrogen-bond acceptors (Lipinski definition) is 2. The summed E-state index contributed by atoms with van der Waals surface area (Å²) in [5, 5.41) is 0.378. The highest BCUT2D eigenvalue weighted by Crippen LogP contribution is 2.32. The minimum Gasteiger partial charge on any atom is -0.309 e. The average molecular weight is 259 g/mol. The van der Waals surface area contributed by atoms with Gasteiger partial charge in [-0.2, -0.15) is 0 Å². The predicted octanol–water partition coefficient (Wildman–Crippen LogP) is 2.64. The molecule has 16 heavy (non-hydrogen) atoms. The smallest absolute Gasteiger partial charge is 0.227 e. The van der Waals surface area contributed by atoms with Gasteiger partial charge in [-0.1, -0.05) is 11.6 Å². The maximum atomic E-state index is 11.8. The number of amides is 1. The molecule has 0 N–H and O–H groups in total. The third kappa shape index (κ3) is 2.02. The number of alkyl halides is 1. The first-order valence-corrected chi connectivity index (χ1v) is 6.02. The molecule has 1 aromatic heterocycles. The third-order valence-corrected chi connectivity index (χ3v) is 3.49. The predicted molar refractivity (Wildman–Crippen MR) is 65.2 cm³/mol. The molecule has 3 nitrogen and oxygen atoms in total. The molecule has 0 aliphatic carbocycles. The lowest BCUT2D eigenvalue weighted by Gasteiger charge is -2.19. The molecule has 1 fully saturated rings. The summed E-state index contributed by atoms with van der Waals surface area (Å²) < 4.78 is 0. The highest BCUT2D eigenvalue weighted by atomic mass is 35.5. The number of aryl methyl sites for hydroxylation is 1. The van der Waals surface area contributed by atoms with E-state index in [0.717, 1.165) is 11.3 Å². The van der Waals surface area contributed by atoms with Gasteiger partial charge in [0.1, 0.15) is 0 Å². The van der Waals surface area contributed by atoms with Gasteiger partial charge in [-0.05, 0) is 24.5 Å². The van der Waals surface area contributed by atoms with Crippen molar-refractivity contribution in [1.82, 2.24) is 4.98 Å². The number of anilines is 1. The van der Waals surface area contributed by atoms with E-state index >= 15 is 0 Å². The summed E-state index contributed by atoms with van der Waals surface area (Å²) in [7, 11) is 0. The van der Waals surface area contributed by atoms with Crippen LogP contribution in [0.2, 0.25) is 5.15 Å². The van der Waals surface area contributed by atoms with E-state index in [1.165, 1.54) is 0 Å². The van der Waals surface area contributed by atoms with E-state index in [2.05, 4.69) is 4.98 Å². The molecule has 1 aromatic rings. The first kappa shape index (κ1) is 11.7. The highest BCUT2D eigenvalue weighted by molar-refractivity contribution is 6.32. The Hall–Kier alpha value is -0.800. The molecule has 0 aromatic carbocycles. The second-order valence-corrected chi connectivity index (χ2v) is 4.66. The van der Waals surface area contributed by atoms with Crippen molar-refractivity contribution in [3.8, 4) is 0 Å². The fourth-order valence-corrected chi connectivity index (χ4v) is 2.46. The summed E-state index contributed by atoms with van der Waals surface area (Å²) >= 11 is 11.8. The van der Waals surface area contributed by atoms with Crippen LogP contribution in [0.25, 0.3) is 0 Å². The Bertz CT molecular complexity index is 402. The minimum absolute atomic E-state index is 0.0728. The Balaban J connectivity index is 2.35. The number of carbonyl (C=O) groups is 1. The van der Waals surface area contributed by atoms with Gasteiger partial charge in [0.25, 0.3) is 0 Å². The monoisotopic (exact) mass is 258 g/mol. The van der Waals surface area contributed by atoms with Crippen LogP contribution in [-0.4, -0.2) is 23.3 Å².